The quantitative estimate of drug-likeness (QED) is 0.593. The van der Waals surface area contributed by atoms with Crippen molar-refractivity contribution in [3.8, 4) is 0 Å². The molecule has 0 radical (unpaired) electrons. The van der Waals surface area contributed by atoms with Crippen LogP contribution in [0.2, 0.25) is 0 Å². The Labute approximate surface area is 165 Å². The SMILES string of the molecule is CSc1ncccc1C(=O)NCCN1C(=O)SC(=Cc2ccccc2)C1=O. The predicted molar refractivity (Wildman–Crippen MR) is 107 cm³/mol. The zero-order valence-electron chi connectivity index (χ0n) is 14.5. The van der Waals surface area contributed by atoms with Gasteiger partial charge in [-0.15, -0.1) is 11.8 Å². The van der Waals surface area contributed by atoms with E-state index in [-0.39, 0.29) is 30.1 Å². The normalized spacial score (nSPS) is 15.4. The van der Waals surface area contributed by atoms with Gasteiger partial charge in [-0.3, -0.25) is 19.3 Å². The lowest BCUT2D eigenvalue weighted by molar-refractivity contribution is -0.122. The minimum atomic E-state index is -0.339. The van der Waals surface area contributed by atoms with Crippen molar-refractivity contribution in [1.29, 1.82) is 0 Å². The smallest absolute Gasteiger partial charge is 0.293 e. The van der Waals surface area contributed by atoms with Crippen molar-refractivity contribution in [1.82, 2.24) is 15.2 Å². The fourth-order valence-corrected chi connectivity index (χ4v) is 3.91. The van der Waals surface area contributed by atoms with Crippen LogP contribution in [0.3, 0.4) is 0 Å². The zero-order valence-corrected chi connectivity index (χ0v) is 16.2. The summed E-state index contributed by atoms with van der Waals surface area (Å²) in [6.07, 6.45) is 5.17. The van der Waals surface area contributed by atoms with Crippen LogP contribution < -0.4 is 5.32 Å². The largest absolute Gasteiger partial charge is 0.350 e. The third-order valence-electron chi connectivity index (χ3n) is 3.80. The van der Waals surface area contributed by atoms with Gasteiger partial charge in [-0.25, -0.2) is 4.98 Å². The first-order chi connectivity index (χ1) is 13.1. The number of rotatable bonds is 6. The van der Waals surface area contributed by atoms with Gasteiger partial charge in [0.15, 0.2) is 0 Å². The number of carbonyl (C=O) groups excluding carboxylic acids is 3. The maximum absolute atomic E-state index is 12.5. The van der Waals surface area contributed by atoms with Crippen LogP contribution in [0.15, 0.2) is 58.6 Å². The van der Waals surface area contributed by atoms with Crippen LogP contribution in [0.25, 0.3) is 6.08 Å². The summed E-state index contributed by atoms with van der Waals surface area (Å²) in [6, 6.07) is 12.7. The van der Waals surface area contributed by atoms with E-state index in [2.05, 4.69) is 10.3 Å². The molecule has 0 bridgehead atoms. The molecule has 0 spiro atoms. The van der Waals surface area contributed by atoms with Gasteiger partial charge >= 0.3 is 0 Å². The Morgan fingerprint density at radius 3 is 2.74 bits per heavy atom. The van der Waals surface area contributed by atoms with Crippen molar-refractivity contribution in [2.75, 3.05) is 19.3 Å². The van der Waals surface area contributed by atoms with Crippen molar-refractivity contribution in [2.45, 2.75) is 5.03 Å². The van der Waals surface area contributed by atoms with Crippen LogP contribution in [0, 0.1) is 0 Å². The molecule has 138 valence electrons. The highest BCUT2D eigenvalue weighted by molar-refractivity contribution is 8.18. The van der Waals surface area contributed by atoms with Gasteiger partial charge in [-0.2, -0.15) is 0 Å². The number of benzene rings is 1. The van der Waals surface area contributed by atoms with Crippen molar-refractivity contribution >= 4 is 46.7 Å². The first kappa shape index (κ1) is 19.2. The summed E-state index contributed by atoms with van der Waals surface area (Å²) in [6.45, 7) is 0.301. The first-order valence-electron chi connectivity index (χ1n) is 8.18. The van der Waals surface area contributed by atoms with E-state index in [1.165, 1.54) is 11.8 Å². The molecule has 2 heterocycles. The summed E-state index contributed by atoms with van der Waals surface area (Å²) in [4.78, 5) is 42.6. The number of thioether (sulfide) groups is 2. The molecular weight excluding hydrogens is 382 g/mol. The number of nitrogens with one attached hydrogen (secondary N) is 1. The monoisotopic (exact) mass is 399 g/mol. The van der Waals surface area contributed by atoms with Crippen molar-refractivity contribution in [2.24, 2.45) is 0 Å². The fourth-order valence-electron chi connectivity index (χ4n) is 2.50. The van der Waals surface area contributed by atoms with E-state index in [0.717, 1.165) is 22.2 Å². The molecule has 1 aromatic heterocycles. The molecule has 1 aromatic carbocycles. The van der Waals surface area contributed by atoms with Crippen molar-refractivity contribution in [3.05, 3.63) is 64.7 Å². The molecule has 27 heavy (non-hydrogen) atoms. The van der Waals surface area contributed by atoms with Gasteiger partial charge in [0.2, 0.25) is 0 Å². The zero-order chi connectivity index (χ0) is 19.2. The molecule has 1 fully saturated rings. The maximum atomic E-state index is 12.5. The van der Waals surface area contributed by atoms with Crippen LogP contribution >= 0.6 is 23.5 Å². The number of hydrogen-bond donors (Lipinski definition) is 1. The molecule has 1 saturated heterocycles. The molecule has 6 nitrogen and oxygen atoms in total. The van der Waals surface area contributed by atoms with Gasteiger partial charge in [0.05, 0.1) is 10.5 Å². The number of hydrogen-bond acceptors (Lipinski definition) is 6. The van der Waals surface area contributed by atoms with Gasteiger partial charge in [0, 0.05) is 19.3 Å². The van der Waals surface area contributed by atoms with E-state index in [4.69, 9.17) is 0 Å². The van der Waals surface area contributed by atoms with Gasteiger partial charge in [-0.05, 0) is 41.8 Å². The minimum Gasteiger partial charge on any atom is -0.350 e. The van der Waals surface area contributed by atoms with Crippen molar-refractivity contribution < 1.29 is 14.4 Å². The summed E-state index contributed by atoms with van der Waals surface area (Å²) in [5.41, 5.74) is 1.33. The Balaban J connectivity index is 1.60. The average Bonchev–Trinajstić information content (AvgIpc) is 2.96. The van der Waals surface area contributed by atoms with E-state index in [1.54, 1.807) is 24.4 Å². The molecule has 3 amide bonds. The first-order valence-corrected chi connectivity index (χ1v) is 10.2. The second-order valence-corrected chi connectivity index (χ2v) is 7.35. The van der Waals surface area contributed by atoms with E-state index in [1.807, 2.05) is 36.6 Å². The number of amides is 3. The van der Waals surface area contributed by atoms with Gasteiger partial charge in [-0.1, -0.05) is 30.3 Å². The molecule has 0 saturated carbocycles. The number of pyridine rings is 1. The summed E-state index contributed by atoms with van der Waals surface area (Å²) in [7, 11) is 0. The Kier molecular flexibility index (Phi) is 6.31. The van der Waals surface area contributed by atoms with E-state index in [9.17, 15) is 14.4 Å². The van der Waals surface area contributed by atoms with E-state index >= 15 is 0 Å². The summed E-state index contributed by atoms with van der Waals surface area (Å²) < 4.78 is 0. The molecule has 0 unspecified atom stereocenters. The topological polar surface area (TPSA) is 79.4 Å². The lowest BCUT2D eigenvalue weighted by Gasteiger charge is -2.13. The van der Waals surface area contributed by atoms with Gasteiger partial charge in [0.25, 0.3) is 17.1 Å². The third-order valence-corrected chi connectivity index (χ3v) is 5.42. The van der Waals surface area contributed by atoms with E-state index < -0.39 is 0 Å². The second kappa shape index (κ2) is 8.88. The maximum Gasteiger partial charge on any atom is 0.293 e. The third kappa shape index (κ3) is 4.58. The predicted octanol–water partition coefficient (Wildman–Crippen LogP) is 3.27. The summed E-state index contributed by atoms with van der Waals surface area (Å²) in [5, 5.41) is 3.04. The highest BCUT2D eigenvalue weighted by atomic mass is 32.2. The average molecular weight is 399 g/mol. The molecule has 1 aliphatic heterocycles. The van der Waals surface area contributed by atoms with Crippen LogP contribution in [-0.2, 0) is 4.79 Å². The van der Waals surface area contributed by atoms with Crippen molar-refractivity contribution in [3.63, 3.8) is 0 Å². The Morgan fingerprint density at radius 1 is 1.22 bits per heavy atom. The Bertz CT molecular complexity index is 900. The molecule has 1 N–H and O–H groups in total. The highest BCUT2D eigenvalue weighted by Crippen LogP contribution is 2.31. The minimum absolute atomic E-state index is 0.122. The lowest BCUT2D eigenvalue weighted by atomic mass is 10.2. The Morgan fingerprint density at radius 2 is 2.00 bits per heavy atom. The number of aromatic nitrogens is 1. The van der Waals surface area contributed by atoms with E-state index in [0.29, 0.717) is 15.5 Å². The number of imide groups is 1. The van der Waals surface area contributed by atoms with Gasteiger partial charge in [0.1, 0.15) is 5.03 Å². The summed E-state index contributed by atoms with van der Waals surface area (Å²) >= 11 is 2.29. The molecule has 2 aromatic rings. The molecule has 3 rings (SSSR count). The Hall–Kier alpha value is -2.58. The molecular formula is C19H17N3O3S2. The fraction of sp³-hybridized carbons (Fsp3) is 0.158. The number of nitrogens with zero attached hydrogens (tertiary/aromatic N) is 2. The van der Waals surface area contributed by atoms with Gasteiger partial charge < -0.3 is 5.32 Å². The molecule has 0 aliphatic carbocycles. The number of carbonyl (C=O) groups is 3. The van der Waals surface area contributed by atoms with Crippen LogP contribution in [0.5, 0.6) is 0 Å². The molecule has 0 atom stereocenters. The van der Waals surface area contributed by atoms with Crippen LogP contribution in [0.1, 0.15) is 15.9 Å². The highest BCUT2D eigenvalue weighted by Gasteiger charge is 2.34. The standard InChI is InChI=1S/C19H17N3O3S2/c1-26-17-14(8-5-9-21-17)16(23)20-10-11-22-18(24)15(27-19(22)25)12-13-6-3-2-4-7-13/h2-9,12H,10-11H2,1H3,(H,20,23). The summed E-state index contributed by atoms with van der Waals surface area (Å²) in [5.74, 6) is -0.617. The molecule has 1 aliphatic rings. The van der Waals surface area contributed by atoms with Crippen LogP contribution in [-0.4, -0.2) is 46.3 Å². The second-order valence-electron chi connectivity index (χ2n) is 5.56. The van der Waals surface area contributed by atoms with Crippen LogP contribution in [0.4, 0.5) is 4.79 Å². The molecule has 8 heteroatoms. The lowest BCUT2D eigenvalue weighted by Crippen LogP contribution is -2.37.